The lowest BCUT2D eigenvalue weighted by molar-refractivity contribution is 0.0847. The van der Waals surface area contributed by atoms with Crippen LogP contribution in [0.2, 0.25) is 0 Å². The first-order valence-corrected chi connectivity index (χ1v) is 6.41. The summed E-state index contributed by atoms with van der Waals surface area (Å²) in [5.74, 6) is 0.214. The molecule has 2 aromatic rings. The summed E-state index contributed by atoms with van der Waals surface area (Å²) < 4.78 is 0.617. The Kier molecular flexibility index (Phi) is 2.96. The zero-order valence-electron chi connectivity index (χ0n) is 10.2. The number of carbonyl (C=O) groups excluding carboxylic acids is 1. The molecule has 96 valence electrons. The van der Waals surface area contributed by atoms with Gasteiger partial charge in [-0.15, -0.1) is 0 Å². The number of Topliss-reactive ketones (excluding diaryl/α,β-unsaturated/α-hetero) is 1. The van der Waals surface area contributed by atoms with Crippen molar-refractivity contribution in [2.24, 2.45) is 5.41 Å². The lowest BCUT2D eigenvalue weighted by Gasteiger charge is -2.15. The normalized spacial score (nSPS) is 12.0. The third-order valence-corrected chi connectivity index (χ3v) is 3.65. The van der Waals surface area contributed by atoms with Crippen LogP contribution in [0.3, 0.4) is 0 Å². The fourth-order valence-electron chi connectivity index (χ4n) is 1.55. The van der Waals surface area contributed by atoms with Crippen molar-refractivity contribution in [3.63, 3.8) is 0 Å². The minimum atomic E-state index is -0.602. The average molecular weight is 360 g/mol. The van der Waals surface area contributed by atoms with Crippen LogP contribution in [0.4, 0.5) is 5.82 Å². The summed E-state index contributed by atoms with van der Waals surface area (Å²) in [5, 5.41) is 0.388. The van der Waals surface area contributed by atoms with Crippen LogP contribution < -0.4 is 11.3 Å². The van der Waals surface area contributed by atoms with Gasteiger partial charge in [0.25, 0.3) is 5.56 Å². The highest BCUT2D eigenvalue weighted by Gasteiger charge is 2.26. The number of aromatic nitrogens is 3. The fourth-order valence-corrected chi connectivity index (χ4v) is 2.18. The van der Waals surface area contributed by atoms with Gasteiger partial charge < -0.3 is 15.7 Å². The van der Waals surface area contributed by atoms with Crippen LogP contribution in [-0.4, -0.2) is 20.7 Å². The minimum Gasteiger partial charge on any atom is -0.384 e. The quantitative estimate of drug-likeness (QED) is 0.531. The smallest absolute Gasteiger partial charge is 0.261 e. The van der Waals surface area contributed by atoms with Gasteiger partial charge in [0, 0.05) is 5.41 Å². The summed E-state index contributed by atoms with van der Waals surface area (Å²) in [7, 11) is 0. The zero-order valence-corrected chi connectivity index (χ0v) is 12.4. The maximum atomic E-state index is 12.1. The topological polar surface area (TPSA) is 105 Å². The molecule has 0 aliphatic rings. The fraction of sp³-hybridized carbons (Fsp3) is 0.364. The number of hydrogen-bond acceptors (Lipinski definition) is 4. The second kappa shape index (κ2) is 4.08. The van der Waals surface area contributed by atoms with Gasteiger partial charge in [0.15, 0.2) is 5.82 Å². The first-order chi connectivity index (χ1) is 8.21. The van der Waals surface area contributed by atoms with Crippen LogP contribution in [-0.2, 0) is 0 Å². The molecule has 0 amide bonds. The molecule has 0 saturated heterocycles. The predicted octanol–water partition coefficient (Wildman–Crippen LogP) is 1.67. The van der Waals surface area contributed by atoms with E-state index < -0.39 is 5.41 Å². The maximum absolute atomic E-state index is 12.1. The van der Waals surface area contributed by atoms with E-state index in [1.165, 1.54) is 0 Å². The number of rotatable bonds is 1. The van der Waals surface area contributed by atoms with Gasteiger partial charge in [-0.05, 0) is 22.6 Å². The van der Waals surface area contributed by atoms with Crippen molar-refractivity contribution >= 4 is 45.2 Å². The standard InChI is InChI=1S/C11H13IN4O2/c1-11(2,3)6(17)9-15-8-4(10(18)16-9)5(12)7(13)14-8/h13H2,1-3H3,(H2,14,15,16,18). The van der Waals surface area contributed by atoms with Crippen molar-refractivity contribution in [1.82, 2.24) is 15.0 Å². The second-order valence-corrected chi connectivity index (χ2v) is 6.15. The zero-order chi connectivity index (χ0) is 13.7. The van der Waals surface area contributed by atoms with Gasteiger partial charge in [-0.3, -0.25) is 9.59 Å². The molecule has 4 N–H and O–H groups in total. The van der Waals surface area contributed by atoms with E-state index in [0.29, 0.717) is 20.4 Å². The number of ketones is 1. The number of hydrogen-bond donors (Lipinski definition) is 3. The minimum absolute atomic E-state index is 0.0534. The Balaban J connectivity index is 2.72. The third kappa shape index (κ3) is 2.02. The number of carbonyl (C=O) groups is 1. The molecule has 0 aliphatic carbocycles. The molecule has 6 nitrogen and oxygen atoms in total. The van der Waals surface area contributed by atoms with E-state index in [1.54, 1.807) is 20.8 Å². The highest BCUT2D eigenvalue weighted by atomic mass is 127. The Morgan fingerprint density at radius 2 is 1.94 bits per heavy atom. The van der Waals surface area contributed by atoms with Crippen LogP contribution >= 0.6 is 22.6 Å². The SMILES string of the molecule is CC(C)(C)C(=O)c1nc2[nH]c(N)c(I)c2c(=O)[nH]1. The van der Waals surface area contributed by atoms with Gasteiger partial charge in [0.2, 0.25) is 5.78 Å². The lowest BCUT2D eigenvalue weighted by Crippen LogP contribution is -2.25. The molecule has 0 spiro atoms. The number of nitrogens with one attached hydrogen (secondary N) is 2. The van der Waals surface area contributed by atoms with Gasteiger partial charge in [0.1, 0.15) is 11.5 Å². The number of fused-ring (bicyclic) bond motifs is 1. The summed E-state index contributed by atoms with van der Waals surface area (Å²) in [5.41, 5.74) is 5.07. The molecule has 0 fully saturated rings. The van der Waals surface area contributed by atoms with Crippen molar-refractivity contribution in [1.29, 1.82) is 0 Å². The molecular formula is C11H13IN4O2. The Morgan fingerprint density at radius 1 is 1.33 bits per heavy atom. The van der Waals surface area contributed by atoms with Crippen molar-refractivity contribution in [2.45, 2.75) is 20.8 Å². The van der Waals surface area contributed by atoms with E-state index in [-0.39, 0.29) is 17.2 Å². The first kappa shape index (κ1) is 13.1. The first-order valence-electron chi connectivity index (χ1n) is 5.33. The molecule has 0 saturated carbocycles. The number of H-pyrrole nitrogens is 2. The van der Waals surface area contributed by atoms with Gasteiger partial charge in [-0.2, -0.15) is 0 Å². The molecule has 2 aromatic heterocycles. The largest absolute Gasteiger partial charge is 0.384 e. The Hall–Kier alpha value is -1.38. The summed E-state index contributed by atoms with van der Waals surface area (Å²) >= 11 is 1.97. The second-order valence-electron chi connectivity index (χ2n) is 5.07. The number of aromatic amines is 2. The number of halogens is 1. The summed E-state index contributed by atoms with van der Waals surface area (Å²) in [6, 6.07) is 0. The van der Waals surface area contributed by atoms with Crippen LogP contribution in [0, 0.1) is 8.99 Å². The van der Waals surface area contributed by atoms with Gasteiger partial charge >= 0.3 is 0 Å². The van der Waals surface area contributed by atoms with Crippen molar-refractivity contribution < 1.29 is 4.79 Å². The number of nitrogen functional groups attached to an aromatic ring is 1. The van der Waals surface area contributed by atoms with Gasteiger partial charge in [0.05, 0.1) is 8.96 Å². The summed E-state index contributed by atoms with van der Waals surface area (Å²) in [6.07, 6.45) is 0. The van der Waals surface area contributed by atoms with Crippen LogP contribution in [0.1, 0.15) is 31.4 Å². The molecule has 7 heteroatoms. The van der Waals surface area contributed by atoms with E-state index >= 15 is 0 Å². The molecule has 0 bridgehead atoms. The Bertz CT molecular complexity index is 693. The molecule has 0 radical (unpaired) electrons. The predicted molar refractivity (Wildman–Crippen MR) is 77.6 cm³/mol. The highest BCUT2D eigenvalue weighted by molar-refractivity contribution is 14.1. The Morgan fingerprint density at radius 3 is 2.50 bits per heavy atom. The summed E-state index contributed by atoms with van der Waals surface area (Å²) in [4.78, 5) is 33.5. The monoisotopic (exact) mass is 360 g/mol. The third-order valence-electron chi connectivity index (χ3n) is 2.52. The molecule has 0 aliphatic heterocycles. The van der Waals surface area contributed by atoms with Gasteiger partial charge in [-0.25, -0.2) is 4.98 Å². The molecule has 18 heavy (non-hydrogen) atoms. The molecule has 2 rings (SSSR count). The molecular weight excluding hydrogens is 347 g/mol. The maximum Gasteiger partial charge on any atom is 0.261 e. The van der Waals surface area contributed by atoms with Crippen LogP contribution in [0.15, 0.2) is 4.79 Å². The Labute approximate surface area is 117 Å². The lowest BCUT2D eigenvalue weighted by atomic mass is 9.90. The van der Waals surface area contributed by atoms with E-state index in [2.05, 4.69) is 15.0 Å². The molecule has 0 aromatic carbocycles. The number of anilines is 1. The van der Waals surface area contributed by atoms with Crippen molar-refractivity contribution in [3.8, 4) is 0 Å². The van der Waals surface area contributed by atoms with E-state index in [1.807, 2.05) is 22.6 Å². The number of nitrogens with two attached hydrogens (primary N) is 1. The number of nitrogens with zero attached hydrogens (tertiary/aromatic N) is 1. The highest BCUT2D eigenvalue weighted by Crippen LogP contribution is 2.23. The van der Waals surface area contributed by atoms with Crippen LogP contribution in [0.25, 0.3) is 11.0 Å². The van der Waals surface area contributed by atoms with E-state index in [0.717, 1.165) is 0 Å². The van der Waals surface area contributed by atoms with Crippen LogP contribution in [0.5, 0.6) is 0 Å². The molecule has 0 unspecified atom stereocenters. The summed E-state index contributed by atoms with van der Waals surface area (Å²) in [6.45, 7) is 5.31. The molecule has 2 heterocycles. The molecule has 0 atom stereocenters. The van der Waals surface area contributed by atoms with Crippen molar-refractivity contribution in [3.05, 3.63) is 19.7 Å². The van der Waals surface area contributed by atoms with Gasteiger partial charge in [-0.1, -0.05) is 20.8 Å². The van der Waals surface area contributed by atoms with E-state index in [4.69, 9.17) is 5.73 Å². The van der Waals surface area contributed by atoms with Crippen molar-refractivity contribution in [2.75, 3.05) is 5.73 Å². The average Bonchev–Trinajstić information content (AvgIpc) is 2.52. The van der Waals surface area contributed by atoms with E-state index in [9.17, 15) is 9.59 Å².